The van der Waals surface area contributed by atoms with Gasteiger partial charge in [-0.1, -0.05) is 12.3 Å². The molecule has 0 saturated carbocycles. The molecule has 0 bridgehead atoms. The van der Waals surface area contributed by atoms with Crippen LogP contribution in [-0.2, 0) is 0 Å². The second-order valence-electron chi connectivity index (χ2n) is 4.78. The second-order valence-corrected chi connectivity index (χ2v) is 4.78. The number of hydrogen-bond acceptors (Lipinski definition) is 5. The van der Waals surface area contributed by atoms with Gasteiger partial charge in [-0.05, 0) is 44.0 Å². The van der Waals surface area contributed by atoms with Gasteiger partial charge in [-0.3, -0.25) is 0 Å². The fourth-order valence-electron chi connectivity index (χ4n) is 2.20. The van der Waals surface area contributed by atoms with Crippen LogP contribution in [0.4, 0.5) is 0 Å². The highest BCUT2D eigenvalue weighted by atomic mass is 16.6. The van der Waals surface area contributed by atoms with E-state index in [2.05, 4.69) is 26.4 Å². The Labute approximate surface area is 119 Å². The molecule has 0 unspecified atom stereocenters. The van der Waals surface area contributed by atoms with Crippen molar-refractivity contribution in [2.75, 3.05) is 19.6 Å². The summed E-state index contributed by atoms with van der Waals surface area (Å²) in [5.74, 6) is 6.42. The molecule has 0 aliphatic carbocycles. The standard InChI is InChI=1S/C14H19BN2O3/c18-15(19)20-14-8-7-13(16-12-14)6-2-5-11-17-9-3-1-4-10-17/h7-8,12,18-19H,1,3-5,9-11H2. The first-order valence-corrected chi connectivity index (χ1v) is 6.94. The lowest BCUT2D eigenvalue weighted by Gasteiger charge is -2.25. The molecular weight excluding hydrogens is 255 g/mol. The van der Waals surface area contributed by atoms with Gasteiger partial charge in [-0.15, -0.1) is 0 Å². The molecule has 1 aromatic rings. The third-order valence-corrected chi connectivity index (χ3v) is 3.20. The van der Waals surface area contributed by atoms with Crippen LogP contribution in [0.15, 0.2) is 18.3 Å². The van der Waals surface area contributed by atoms with Gasteiger partial charge in [0.2, 0.25) is 0 Å². The van der Waals surface area contributed by atoms with Crippen molar-refractivity contribution in [1.29, 1.82) is 0 Å². The van der Waals surface area contributed by atoms with Crippen molar-refractivity contribution in [3.05, 3.63) is 24.0 Å². The summed E-state index contributed by atoms with van der Waals surface area (Å²) in [5.41, 5.74) is 0.656. The van der Waals surface area contributed by atoms with E-state index in [-0.39, 0.29) is 0 Å². The molecule has 1 aliphatic rings. The molecule has 1 fully saturated rings. The summed E-state index contributed by atoms with van der Waals surface area (Å²) >= 11 is 0. The normalized spacial score (nSPS) is 15.3. The summed E-state index contributed by atoms with van der Waals surface area (Å²) in [4.78, 5) is 6.53. The molecule has 0 radical (unpaired) electrons. The van der Waals surface area contributed by atoms with Crippen LogP contribution in [0.3, 0.4) is 0 Å². The molecule has 0 aromatic carbocycles. The zero-order valence-electron chi connectivity index (χ0n) is 11.5. The van der Waals surface area contributed by atoms with E-state index in [4.69, 9.17) is 10.0 Å². The fraction of sp³-hybridized carbons (Fsp3) is 0.500. The molecule has 1 saturated heterocycles. The average molecular weight is 274 g/mol. The van der Waals surface area contributed by atoms with Gasteiger partial charge >= 0.3 is 7.32 Å². The van der Waals surface area contributed by atoms with E-state index in [0.717, 1.165) is 13.0 Å². The number of pyridine rings is 1. The molecule has 0 atom stereocenters. The maximum absolute atomic E-state index is 8.65. The van der Waals surface area contributed by atoms with Gasteiger partial charge in [0.15, 0.2) is 0 Å². The Balaban J connectivity index is 1.76. The first-order valence-electron chi connectivity index (χ1n) is 6.94. The van der Waals surface area contributed by atoms with Gasteiger partial charge in [0.25, 0.3) is 0 Å². The molecule has 2 rings (SSSR count). The van der Waals surface area contributed by atoms with Crippen molar-refractivity contribution in [2.45, 2.75) is 25.7 Å². The summed E-state index contributed by atoms with van der Waals surface area (Å²) in [5, 5.41) is 17.3. The molecule has 1 aromatic heterocycles. The quantitative estimate of drug-likeness (QED) is 0.623. The monoisotopic (exact) mass is 274 g/mol. The highest BCUT2D eigenvalue weighted by Gasteiger charge is 2.10. The molecule has 6 heteroatoms. The largest absolute Gasteiger partial charge is 0.707 e. The minimum Gasteiger partial charge on any atom is -0.511 e. The van der Waals surface area contributed by atoms with E-state index in [1.54, 1.807) is 12.1 Å². The third kappa shape index (κ3) is 5.21. The zero-order valence-corrected chi connectivity index (χ0v) is 11.5. The van der Waals surface area contributed by atoms with Crippen LogP contribution in [0.2, 0.25) is 0 Å². The van der Waals surface area contributed by atoms with Crippen molar-refractivity contribution < 1.29 is 14.7 Å². The van der Waals surface area contributed by atoms with Crippen LogP contribution >= 0.6 is 0 Å². The molecular formula is C14H19BN2O3. The maximum atomic E-state index is 8.65. The smallest absolute Gasteiger partial charge is 0.511 e. The number of hydrogen-bond donors (Lipinski definition) is 2. The van der Waals surface area contributed by atoms with Crippen LogP contribution in [0.25, 0.3) is 0 Å². The lowest BCUT2D eigenvalue weighted by atomic mass is 10.1. The van der Waals surface area contributed by atoms with E-state index >= 15 is 0 Å². The van der Waals surface area contributed by atoms with Gasteiger partial charge in [-0.25, -0.2) is 4.98 Å². The Morgan fingerprint density at radius 3 is 2.70 bits per heavy atom. The Kier molecular flexibility index (Phi) is 5.87. The predicted octanol–water partition coefficient (Wildman–Crippen LogP) is 0.657. The molecule has 5 nitrogen and oxygen atoms in total. The summed E-state index contributed by atoms with van der Waals surface area (Å²) in [6, 6.07) is 3.31. The highest BCUT2D eigenvalue weighted by molar-refractivity contribution is 6.33. The van der Waals surface area contributed by atoms with Crippen LogP contribution in [0.5, 0.6) is 5.75 Å². The SMILES string of the molecule is OB(O)Oc1ccc(C#CCCN2CCCCC2)nc1. The molecule has 1 aliphatic heterocycles. The highest BCUT2D eigenvalue weighted by Crippen LogP contribution is 2.09. The van der Waals surface area contributed by atoms with Gasteiger partial charge in [0.1, 0.15) is 11.4 Å². The van der Waals surface area contributed by atoms with Gasteiger partial charge < -0.3 is 19.6 Å². The van der Waals surface area contributed by atoms with Crippen LogP contribution in [-0.4, -0.2) is 46.9 Å². The number of likely N-dealkylation sites (tertiary alicyclic amines) is 1. The lowest BCUT2D eigenvalue weighted by Crippen LogP contribution is -2.30. The Morgan fingerprint density at radius 1 is 1.25 bits per heavy atom. The fourth-order valence-corrected chi connectivity index (χ4v) is 2.20. The molecule has 20 heavy (non-hydrogen) atoms. The number of nitrogens with zero attached hydrogens (tertiary/aromatic N) is 2. The molecule has 0 spiro atoms. The average Bonchev–Trinajstić information content (AvgIpc) is 2.46. The lowest BCUT2D eigenvalue weighted by molar-refractivity contribution is 0.234. The van der Waals surface area contributed by atoms with E-state index in [0.29, 0.717) is 11.4 Å². The van der Waals surface area contributed by atoms with E-state index in [1.807, 2.05) is 0 Å². The Hall–Kier alpha value is -1.55. The molecule has 2 heterocycles. The predicted molar refractivity (Wildman–Crippen MR) is 76.8 cm³/mol. The van der Waals surface area contributed by atoms with E-state index in [9.17, 15) is 0 Å². The zero-order chi connectivity index (χ0) is 14.2. The van der Waals surface area contributed by atoms with Crippen molar-refractivity contribution in [3.8, 4) is 17.6 Å². The molecule has 106 valence electrons. The minimum atomic E-state index is -1.82. The first kappa shape index (κ1) is 14.9. The topological polar surface area (TPSA) is 65.8 Å². The third-order valence-electron chi connectivity index (χ3n) is 3.20. The van der Waals surface area contributed by atoms with Crippen LogP contribution < -0.4 is 4.65 Å². The summed E-state index contributed by atoms with van der Waals surface area (Å²) in [6.45, 7) is 3.40. The van der Waals surface area contributed by atoms with Crippen LogP contribution in [0, 0.1) is 11.8 Å². The number of piperidine rings is 1. The van der Waals surface area contributed by atoms with Crippen LogP contribution in [0.1, 0.15) is 31.4 Å². The van der Waals surface area contributed by atoms with E-state index < -0.39 is 7.32 Å². The van der Waals surface area contributed by atoms with Crippen molar-refractivity contribution in [2.24, 2.45) is 0 Å². The van der Waals surface area contributed by atoms with Crippen molar-refractivity contribution >= 4 is 7.32 Å². The number of rotatable bonds is 4. The van der Waals surface area contributed by atoms with Gasteiger partial charge in [0, 0.05) is 13.0 Å². The second kappa shape index (κ2) is 7.90. The maximum Gasteiger partial charge on any atom is 0.707 e. The van der Waals surface area contributed by atoms with E-state index in [1.165, 1.54) is 38.5 Å². The van der Waals surface area contributed by atoms with Gasteiger partial charge in [0.05, 0.1) is 6.20 Å². The van der Waals surface area contributed by atoms with Crippen molar-refractivity contribution in [3.63, 3.8) is 0 Å². The van der Waals surface area contributed by atoms with Gasteiger partial charge in [-0.2, -0.15) is 0 Å². The summed E-state index contributed by atoms with van der Waals surface area (Å²) in [6.07, 6.45) is 6.22. The number of aromatic nitrogens is 1. The minimum absolute atomic E-state index is 0.305. The first-order chi connectivity index (χ1) is 9.74. The Bertz CT molecular complexity index is 462. The van der Waals surface area contributed by atoms with Crippen molar-refractivity contribution in [1.82, 2.24) is 9.88 Å². The summed E-state index contributed by atoms with van der Waals surface area (Å²) < 4.78 is 4.67. The molecule has 0 amide bonds. The summed E-state index contributed by atoms with van der Waals surface area (Å²) in [7, 11) is -1.82. The molecule has 2 N–H and O–H groups in total. The Morgan fingerprint density at radius 2 is 2.05 bits per heavy atom.